The van der Waals surface area contributed by atoms with Gasteiger partial charge in [-0.25, -0.2) is 12.8 Å². The number of carbonyl (C=O) groups is 1. The molecule has 4 rings (SSSR count). The molecule has 0 spiro atoms. The largest absolute Gasteiger partial charge is 0.380 e. The van der Waals surface area contributed by atoms with E-state index in [2.05, 4.69) is 31.0 Å². The Balaban J connectivity index is 1.54. The second-order valence-electron chi connectivity index (χ2n) is 8.72. The number of halogens is 1. The van der Waals surface area contributed by atoms with Crippen LogP contribution in [-0.4, -0.2) is 49.5 Å². The van der Waals surface area contributed by atoms with Crippen LogP contribution in [0, 0.1) is 25.6 Å². The summed E-state index contributed by atoms with van der Waals surface area (Å²) in [7, 11) is -3.72. The first kappa shape index (κ1) is 25.7. The first-order valence-electron chi connectivity index (χ1n) is 11.7. The number of sulfonamides is 1. The van der Waals surface area contributed by atoms with E-state index in [9.17, 15) is 17.6 Å². The number of ether oxygens (including phenoxy) is 1. The summed E-state index contributed by atoms with van der Waals surface area (Å²) in [6, 6.07) is 9.05. The second kappa shape index (κ2) is 10.7. The number of nitrogens with zero attached hydrogens (tertiary/aromatic N) is 3. The van der Waals surface area contributed by atoms with Crippen molar-refractivity contribution in [1.29, 1.82) is 0 Å². The van der Waals surface area contributed by atoms with E-state index in [1.807, 2.05) is 11.5 Å². The van der Waals surface area contributed by atoms with Crippen molar-refractivity contribution in [2.45, 2.75) is 45.1 Å². The highest BCUT2D eigenvalue weighted by molar-refractivity contribution is 7.89. The molecule has 1 aliphatic heterocycles. The minimum Gasteiger partial charge on any atom is -0.380 e. The lowest BCUT2D eigenvalue weighted by atomic mass is 9.98. The maximum absolute atomic E-state index is 13.2. The summed E-state index contributed by atoms with van der Waals surface area (Å²) >= 11 is 1.48. The van der Waals surface area contributed by atoms with E-state index in [4.69, 9.17) is 4.74 Å². The van der Waals surface area contributed by atoms with E-state index in [1.165, 1.54) is 38.9 Å². The summed E-state index contributed by atoms with van der Waals surface area (Å²) in [5.41, 5.74) is 3.39. The van der Waals surface area contributed by atoms with Gasteiger partial charge in [-0.05, 0) is 81.1 Å². The molecule has 0 saturated carbocycles. The number of thiazole rings is 1. The molecule has 1 amide bonds. The summed E-state index contributed by atoms with van der Waals surface area (Å²) in [4.78, 5) is 18.3. The standard InChI is InChI=1S/C25H30FN3O4S2/c1-4-33-14-13-29-22-15-17(2)18(3)16-23(22)34-25(29)27-24(30)19-9-11-28(12-10-19)35(31,32)21-7-5-20(26)6-8-21/h5-8,15-16,19H,4,9-14H2,1-3H3. The lowest BCUT2D eigenvalue weighted by Gasteiger charge is -2.29. The zero-order valence-electron chi connectivity index (χ0n) is 20.2. The zero-order valence-corrected chi connectivity index (χ0v) is 21.8. The molecule has 188 valence electrons. The SMILES string of the molecule is CCOCCn1c(=NC(=O)C2CCN(S(=O)(=O)c3ccc(F)cc3)CC2)sc2cc(C)c(C)cc21. The molecule has 0 N–H and O–H groups in total. The van der Waals surface area contributed by atoms with Crippen LogP contribution in [0.25, 0.3) is 10.2 Å². The fourth-order valence-electron chi connectivity index (χ4n) is 4.21. The predicted molar refractivity (Wildman–Crippen MR) is 134 cm³/mol. The van der Waals surface area contributed by atoms with Gasteiger partial charge in [0.25, 0.3) is 5.91 Å². The van der Waals surface area contributed by atoms with Gasteiger partial charge in [0.15, 0.2) is 4.80 Å². The summed E-state index contributed by atoms with van der Waals surface area (Å²) < 4.78 is 48.9. The Bertz CT molecular complexity index is 1390. The maximum Gasteiger partial charge on any atom is 0.251 e. The molecule has 1 saturated heterocycles. The molecule has 1 fully saturated rings. The Morgan fingerprint density at radius 3 is 2.46 bits per heavy atom. The summed E-state index contributed by atoms with van der Waals surface area (Å²) in [5.74, 6) is -1.06. The lowest BCUT2D eigenvalue weighted by molar-refractivity contribution is -0.122. The molecular weight excluding hydrogens is 489 g/mol. The van der Waals surface area contributed by atoms with Crippen molar-refractivity contribution in [1.82, 2.24) is 8.87 Å². The molecule has 7 nitrogen and oxygen atoms in total. The third kappa shape index (κ3) is 5.55. The van der Waals surface area contributed by atoms with Crippen LogP contribution in [-0.2, 0) is 26.1 Å². The van der Waals surface area contributed by atoms with Gasteiger partial charge in [0, 0.05) is 32.2 Å². The van der Waals surface area contributed by atoms with E-state index >= 15 is 0 Å². The highest BCUT2D eigenvalue weighted by Gasteiger charge is 2.32. The van der Waals surface area contributed by atoms with Crippen molar-refractivity contribution in [3.63, 3.8) is 0 Å². The average Bonchev–Trinajstić information content (AvgIpc) is 3.15. The van der Waals surface area contributed by atoms with Crippen molar-refractivity contribution in [3.8, 4) is 0 Å². The van der Waals surface area contributed by atoms with Gasteiger partial charge >= 0.3 is 0 Å². The van der Waals surface area contributed by atoms with Crippen molar-refractivity contribution in [3.05, 3.63) is 58.1 Å². The lowest BCUT2D eigenvalue weighted by Crippen LogP contribution is -2.40. The number of fused-ring (bicyclic) bond motifs is 1. The summed E-state index contributed by atoms with van der Waals surface area (Å²) in [6.07, 6.45) is 0.787. The molecule has 0 aliphatic carbocycles. The Hall–Kier alpha value is -2.40. The summed E-state index contributed by atoms with van der Waals surface area (Å²) in [6.45, 7) is 8.26. The predicted octanol–water partition coefficient (Wildman–Crippen LogP) is 4.02. The van der Waals surface area contributed by atoms with Crippen LogP contribution in [0.4, 0.5) is 4.39 Å². The molecule has 1 aliphatic rings. The van der Waals surface area contributed by atoms with Gasteiger partial charge < -0.3 is 9.30 Å². The molecule has 1 aromatic heterocycles. The van der Waals surface area contributed by atoms with Gasteiger partial charge in [-0.2, -0.15) is 9.30 Å². The normalized spacial score (nSPS) is 16.3. The fraction of sp³-hybridized carbons (Fsp3) is 0.440. The second-order valence-corrected chi connectivity index (χ2v) is 11.7. The number of hydrogen-bond acceptors (Lipinski definition) is 5. The van der Waals surface area contributed by atoms with Gasteiger partial charge in [0.05, 0.1) is 21.7 Å². The highest BCUT2D eigenvalue weighted by atomic mass is 32.2. The molecule has 0 radical (unpaired) electrons. The third-order valence-corrected chi connectivity index (χ3v) is 9.38. The van der Waals surface area contributed by atoms with E-state index in [-0.39, 0.29) is 29.8 Å². The first-order chi connectivity index (χ1) is 16.7. The van der Waals surface area contributed by atoms with Crippen molar-refractivity contribution in [2.75, 3.05) is 26.3 Å². The van der Waals surface area contributed by atoms with Crippen LogP contribution < -0.4 is 4.80 Å². The van der Waals surface area contributed by atoms with Crippen LogP contribution >= 0.6 is 11.3 Å². The van der Waals surface area contributed by atoms with Gasteiger partial charge in [-0.3, -0.25) is 4.79 Å². The van der Waals surface area contributed by atoms with E-state index in [0.29, 0.717) is 37.4 Å². The first-order valence-corrected chi connectivity index (χ1v) is 14.0. The molecule has 0 bridgehead atoms. The zero-order chi connectivity index (χ0) is 25.2. The van der Waals surface area contributed by atoms with Crippen LogP contribution in [0.5, 0.6) is 0 Å². The number of amides is 1. The van der Waals surface area contributed by atoms with Crippen LogP contribution in [0.1, 0.15) is 30.9 Å². The van der Waals surface area contributed by atoms with Crippen LogP contribution in [0.3, 0.4) is 0 Å². The number of hydrogen-bond donors (Lipinski definition) is 0. The average molecular weight is 520 g/mol. The fourth-order valence-corrected chi connectivity index (χ4v) is 6.82. The number of rotatable bonds is 7. The molecule has 35 heavy (non-hydrogen) atoms. The quantitative estimate of drug-likeness (QED) is 0.442. The topological polar surface area (TPSA) is 81.0 Å². The van der Waals surface area contributed by atoms with Crippen molar-refractivity contribution >= 4 is 37.5 Å². The molecule has 0 unspecified atom stereocenters. The van der Waals surface area contributed by atoms with Gasteiger partial charge in [-0.1, -0.05) is 11.3 Å². The van der Waals surface area contributed by atoms with Crippen LogP contribution in [0.2, 0.25) is 0 Å². The third-order valence-electron chi connectivity index (χ3n) is 6.42. The Kier molecular flexibility index (Phi) is 7.85. The molecule has 2 heterocycles. The Morgan fingerprint density at radius 2 is 1.80 bits per heavy atom. The maximum atomic E-state index is 13.2. The molecule has 3 aromatic rings. The molecule has 2 aromatic carbocycles. The minimum absolute atomic E-state index is 0.0552. The Labute approximate surface area is 208 Å². The van der Waals surface area contributed by atoms with Crippen LogP contribution in [0.15, 0.2) is 46.3 Å². The van der Waals surface area contributed by atoms with Crippen molar-refractivity contribution in [2.24, 2.45) is 10.9 Å². The molecular formula is C25H30FN3O4S2. The Morgan fingerprint density at radius 1 is 1.14 bits per heavy atom. The van der Waals surface area contributed by atoms with E-state index in [1.54, 1.807) is 0 Å². The number of benzene rings is 2. The van der Waals surface area contributed by atoms with Crippen molar-refractivity contribution < 1.29 is 22.3 Å². The summed E-state index contributed by atoms with van der Waals surface area (Å²) in [5, 5.41) is 0. The van der Waals surface area contributed by atoms with E-state index < -0.39 is 15.8 Å². The number of aryl methyl sites for hydroxylation is 2. The highest BCUT2D eigenvalue weighted by Crippen LogP contribution is 2.26. The minimum atomic E-state index is -3.72. The number of aromatic nitrogens is 1. The van der Waals surface area contributed by atoms with Gasteiger partial charge in [0.1, 0.15) is 5.82 Å². The smallest absolute Gasteiger partial charge is 0.251 e. The number of piperidine rings is 1. The molecule has 0 atom stereocenters. The monoisotopic (exact) mass is 519 g/mol. The van der Waals surface area contributed by atoms with Gasteiger partial charge in [-0.15, -0.1) is 0 Å². The molecule has 10 heteroatoms. The van der Waals surface area contributed by atoms with Gasteiger partial charge in [0.2, 0.25) is 10.0 Å². The van der Waals surface area contributed by atoms with E-state index in [0.717, 1.165) is 22.3 Å². The number of carbonyl (C=O) groups excluding carboxylic acids is 1.